The van der Waals surface area contributed by atoms with Gasteiger partial charge in [-0.15, -0.1) is 0 Å². The average molecular weight is 303 g/mol. The van der Waals surface area contributed by atoms with E-state index in [0.717, 1.165) is 38.8 Å². The van der Waals surface area contributed by atoms with Crippen LogP contribution in [0.5, 0.6) is 0 Å². The van der Waals surface area contributed by atoms with Crippen molar-refractivity contribution in [1.29, 1.82) is 0 Å². The van der Waals surface area contributed by atoms with Crippen LogP contribution < -0.4 is 0 Å². The summed E-state index contributed by atoms with van der Waals surface area (Å²) < 4.78 is 1.85. The van der Waals surface area contributed by atoms with Crippen molar-refractivity contribution in [2.75, 3.05) is 26.2 Å². The van der Waals surface area contributed by atoms with Gasteiger partial charge in [-0.05, 0) is 37.8 Å². The molecule has 1 atom stereocenters. The number of nitrogens with zero attached hydrogens (tertiary/aromatic N) is 3. The highest BCUT2D eigenvalue weighted by molar-refractivity contribution is 5.94. The lowest BCUT2D eigenvalue weighted by atomic mass is 9.78. The van der Waals surface area contributed by atoms with E-state index in [1.807, 2.05) is 39.7 Å². The summed E-state index contributed by atoms with van der Waals surface area (Å²) in [5.41, 5.74) is 0.375. The standard InChI is InChI=1S/C17H25N3O2/c1-3-9-19-11-5-7-17(16(19)22)8-12-20(13-17)15(21)14-6-4-10-18(14)2/h4,6,10H,3,5,7-9,11-13H2,1-2H3. The molecule has 0 radical (unpaired) electrons. The molecule has 1 aromatic heterocycles. The molecule has 0 saturated carbocycles. The molecule has 0 aliphatic carbocycles. The van der Waals surface area contributed by atoms with Gasteiger partial charge in [-0.2, -0.15) is 0 Å². The van der Waals surface area contributed by atoms with Crippen LogP contribution in [0.4, 0.5) is 0 Å². The Bertz CT molecular complexity index is 578. The lowest BCUT2D eigenvalue weighted by Gasteiger charge is -2.39. The van der Waals surface area contributed by atoms with Crippen molar-refractivity contribution in [1.82, 2.24) is 14.4 Å². The first-order chi connectivity index (χ1) is 10.6. The van der Waals surface area contributed by atoms with E-state index in [0.29, 0.717) is 18.8 Å². The summed E-state index contributed by atoms with van der Waals surface area (Å²) >= 11 is 0. The molecular formula is C17H25N3O2. The fourth-order valence-corrected chi connectivity index (χ4v) is 3.91. The molecule has 5 nitrogen and oxygen atoms in total. The normalized spacial score (nSPS) is 25.3. The van der Waals surface area contributed by atoms with Crippen LogP contribution in [0.25, 0.3) is 0 Å². The number of aryl methyl sites for hydroxylation is 1. The van der Waals surface area contributed by atoms with Crippen LogP contribution >= 0.6 is 0 Å². The van der Waals surface area contributed by atoms with Gasteiger partial charge in [-0.1, -0.05) is 6.92 Å². The van der Waals surface area contributed by atoms with Gasteiger partial charge in [0.05, 0.1) is 5.41 Å². The molecule has 2 aliphatic heterocycles. The molecule has 1 aromatic rings. The maximum atomic E-state index is 12.8. The Morgan fingerprint density at radius 2 is 2.14 bits per heavy atom. The van der Waals surface area contributed by atoms with Gasteiger partial charge in [-0.25, -0.2) is 0 Å². The highest BCUT2D eigenvalue weighted by atomic mass is 16.2. The molecule has 120 valence electrons. The molecule has 0 bridgehead atoms. The maximum Gasteiger partial charge on any atom is 0.270 e. The second kappa shape index (κ2) is 5.78. The summed E-state index contributed by atoms with van der Waals surface area (Å²) in [5.74, 6) is 0.313. The van der Waals surface area contributed by atoms with Crippen molar-refractivity contribution < 1.29 is 9.59 Å². The Labute approximate surface area is 131 Å². The zero-order valence-electron chi connectivity index (χ0n) is 13.5. The third kappa shape index (κ3) is 2.42. The number of rotatable bonds is 3. The second-order valence-electron chi connectivity index (χ2n) is 6.66. The van der Waals surface area contributed by atoms with E-state index in [1.165, 1.54) is 0 Å². The summed E-state index contributed by atoms with van der Waals surface area (Å²) in [6.45, 7) is 5.09. The van der Waals surface area contributed by atoms with Crippen LogP contribution in [0.1, 0.15) is 43.1 Å². The number of amides is 2. The zero-order chi connectivity index (χ0) is 15.7. The molecule has 3 heterocycles. The quantitative estimate of drug-likeness (QED) is 0.856. The van der Waals surface area contributed by atoms with Crippen LogP contribution in [0.15, 0.2) is 18.3 Å². The smallest absolute Gasteiger partial charge is 0.270 e. The van der Waals surface area contributed by atoms with E-state index in [-0.39, 0.29) is 17.2 Å². The molecule has 2 aliphatic rings. The predicted molar refractivity (Wildman–Crippen MR) is 84.5 cm³/mol. The van der Waals surface area contributed by atoms with Gasteiger partial charge in [0.25, 0.3) is 5.91 Å². The number of aromatic nitrogens is 1. The van der Waals surface area contributed by atoms with Crippen LogP contribution in [0.2, 0.25) is 0 Å². The van der Waals surface area contributed by atoms with Crippen LogP contribution in [0.3, 0.4) is 0 Å². The van der Waals surface area contributed by atoms with Crippen LogP contribution in [0, 0.1) is 5.41 Å². The number of hydrogen-bond acceptors (Lipinski definition) is 2. The molecule has 1 unspecified atom stereocenters. The molecule has 0 aromatic carbocycles. The van der Waals surface area contributed by atoms with Crippen LogP contribution in [-0.2, 0) is 11.8 Å². The SMILES string of the molecule is CCCN1CCCC2(CCN(C(=O)c3cccn3C)C2)C1=O. The summed E-state index contributed by atoms with van der Waals surface area (Å²) in [7, 11) is 1.88. The Balaban J connectivity index is 1.75. The van der Waals surface area contributed by atoms with Crippen molar-refractivity contribution in [3.63, 3.8) is 0 Å². The van der Waals surface area contributed by atoms with Crippen molar-refractivity contribution in [3.05, 3.63) is 24.0 Å². The van der Waals surface area contributed by atoms with Crippen molar-refractivity contribution >= 4 is 11.8 Å². The first-order valence-corrected chi connectivity index (χ1v) is 8.27. The lowest BCUT2D eigenvalue weighted by Crippen LogP contribution is -2.50. The van der Waals surface area contributed by atoms with E-state index in [9.17, 15) is 9.59 Å². The molecule has 3 rings (SSSR count). The Hall–Kier alpha value is -1.78. The lowest BCUT2D eigenvalue weighted by molar-refractivity contribution is -0.145. The minimum Gasteiger partial charge on any atom is -0.347 e. The van der Waals surface area contributed by atoms with Crippen molar-refractivity contribution in [3.8, 4) is 0 Å². The first kappa shape index (κ1) is 15.1. The van der Waals surface area contributed by atoms with Crippen LogP contribution in [-0.4, -0.2) is 52.4 Å². The van der Waals surface area contributed by atoms with E-state index in [4.69, 9.17) is 0 Å². The maximum absolute atomic E-state index is 12.8. The fourth-order valence-electron chi connectivity index (χ4n) is 3.91. The van der Waals surface area contributed by atoms with Gasteiger partial charge in [-0.3, -0.25) is 9.59 Å². The topological polar surface area (TPSA) is 45.5 Å². The van der Waals surface area contributed by atoms with E-state index < -0.39 is 0 Å². The highest BCUT2D eigenvalue weighted by Gasteiger charge is 2.49. The van der Waals surface area contributed by atoms with Gasteiger partial charge >= 0.3 is 0 Å². The highest BCUT2D eigenvalue weighted by Crippen LogP contribution is 2.40. The number of hydrogen-bond donors (Lipinski definition) is 0. The Morgan fingerprint density at radius 3 is 2.82 bits per heavy atom. The summed E-state index contributed by atoms with van der Waals surface area (Å²) in [5, 5.41) is 0. The third-order valence-corrected chi connectivity index (χ3v) is 5.12. The third-order valence-electron chi connectivity index (χ3n) is 5.12. The largest absolute Gasteiger partial charge is 0.347 e. The van der Waals surface area contributed by atoms with Gasteiger partial charge in [0.2, 0.25) is 5.91 Å². The predicted octanol–water partition coefficient (Wildman–Crippen LogP) is 1.89. The molecule has 1 spiro atoms. The first-order valence-electron chi connectivity index (χ1n) is 8.27. The number of carbonyl (C=O) groups is 2. The monoisotopic (exact) mass is 303 g/mol. The Morgan fingerprint density at radius 1 is 1.32 bits per heavy atom. The average Bonchev–Trinajstić information content (AvgIpc) is 3.11. The van der Waals surface area contributed by atoms with Crippen molar-refractivity contribution in [2.45, 2.75) is 32.6 Å². The van der Waals surface area contributed by atoms with E-state index in [1.54, 1.807) is 0 Å². The fraction of sp³-hybridized carbons (Fsp3) is 0.647. The molecule has 2 fully saturated rings. The van der Waals surface area contributed by atoms with E-state index in [2.05, 4.69) is 6.92 Å². The van der Waals surface area contributed by atoms with Gasteiger partial charge in [0.1, 0.15) is 5.69 Å². The van der Waals surface area contributed by atoms with Gasteiger partial charge < -0.3 is 14.4 Å². The molecule has 22 heavy (non-hydrogen) atoms. The summed E-state index contributed by atoms with van der Waals surface area (Å²) in [6, 6.07) is 3.73. The number of piperidine rings is 1. The molecule has 5 heteroatoms. The molecule has 2 saturated heterocycles. The van der Waals surface area contributed by atoms with E-state index >= 15 is 0 Å². The minimum absolute atomic E-state index is 0.0461. The molecule has 2 amide bonds. The summed E-state index contributed by atoms with van der Waals surface area (Å²) in [6.07, 6.45) is 5.66. The molecule has 0 N–H and O–H groups in total. The number of likely N-dealkylation sites (tertiary alicyclic amines) is 2. The zero-order valence-corrected chi connectivity index (χ0v) is 13.5. The number of carbonyl (C=O) groups excluding carboxylic acids is 2. The Kier molecular flexibility index (Phi) is 3.98. The second-order valence-corrected chi connectivity index (χ2v) is 6.66. The minimum atomic E-state index is -0.325. The van der Waals surface area contributed by atoms with Crippen molar-refractivity contribution in [2.24, 2.45) is 12.5 Å². The summed E-state index contributed by atoms with van der Waals surface area (Å²) in [4.78, 5) is 29.4. The van der Waals surface area contributed by atoms with Gasteiger partial charge in [0, 0.05) is 39.4 Å². The van der Waals surface area contributed by atoms with Gasteiger partial charge in [0.15, 0.2) is 0 Å². The molecular weight excluding hydrogens is 278 g/mol.